The van der Waals surface area contributed by atoms with Crippen LogP contribution in [0.4, 0.5) is 0 Å². The first-order valence-electron chi connectivity index (χ1n) is 6.72. The fourth-order valence-electron chi connectivity index (χ4n) is 2.83. The van der Waals surface area contributed by atoms with E-state index in [9.17, 15) is 0 Å². The minimum atomic E-state index is 0.551. The highest BCUT2D eigenvalue weighted by molar-refractivity contribution is 8.13. The highest BCUT2D eigenvalue weighted by Crippen LogP contribution is 2.43. The number of thiophene rings is 1. The van der Waals surface area contributed by atoms with Gasteiger partial charge in [0.15, 0.2) is 5.17 Å². The molecule has 1 fully saturated rings. The molecule has 18 heavy (non-hydrogen) atoms. The highest BCUT2D eigenvalue weighted by atomic mass is 32.2. The van der Waals surface area contributed by atoms with Gasteiger partial charge in [-0.3, -0.25) is 4.99 Å². The summed E-state index contributed by atoms with van der Waals surface area (Å²) in [6, 6.07) is 4.39. The predicted octanol–water partition coefficient (Wildman–Crippen LogP) is 3.81. The first-order chi connectivity index (χ1) is 8.76. The molecule has 0 saturated heterocycles. The van der Waals surface area contributed by atoms with Gasteiger partial charge in [-0.05, 0) is 37.3 Å². The van der Waals surface area contributed by atoms with Crippen LogP contribution in [-0.2, 0) is 6.54 Å². The number of rotatable bonds is 2. The third kappa shape index (κ3) is 2.75. The molecule has 4 heteroatoms. The van der Waals surface area contributed by atoms with Crippen LogP contribution in [0.1, 0.15) is 35.4 Å². The van der Waals surface area contributed by atoms with Gasteiger partial charge in [-0.15, -0.1) is 11.3 Å². The molecule has 1 aromatic heterocycles. The Morgan fingerprint density at radius 2 is 2.17 bits per heavy atom. The number of hydrogen-bond acceptors (Lipinski definition) is 4. The SMILES string of the molecule is Cc1ccc(CNC2=NCC3(CCCC3)CS2)s1. The van der Waals surface area contributed by atoms with E-state index in [1.807, 2.05) is 23.1 Å². The summed E-state index contributed by atoms with van der Waals surface area (Å²) in [7, 11) is 0. The number of aliphatic imine (C=N–C) groups is 1. The van der Waals surface area contributed by atoms with Gasteiger partial charge in [-0.25, -0.2) is 0 Å². The summed E-state index contributed by atoms with van der Waals surface area (Å²) >= 11 is 3.80. The fourth-order valence-corrected chi connectivity index (χ4v) is 4.81. The number of nitrogens with one attached hydrogen (secondary N) is 1. The van der Waals surface area contributed by atoms with Crippen molar-refractivity contribution in [3.8, 4) is 0 Å². The van der Waals surface area contributed by atoms with E-state index >= 15 is 0 Å². The quantitative estimate of drug-likeness (QED) is 0.891. The van der Waals surface area contributed by atoms with Gasteiger partial charge in [0.25, 0.3) is 0 Å². The minimum absolute atomic E-state index is 0.551. The second kappa shape index (κ2) is 5.25. The molecule has 1 aliphatic carbocycles. The van der Waals surface area contributed by atoms with E-state index in [0.717, 1.165) is 18.3 Å². The van der Waals surface area contributed by atoms with E-state index in [2.05, 4.69) is 24.4 Å². The predicted molar refractivity (Wildman–Crippen MR) is 81.6 cm³/mol. The fraction of sp³-hybridized carbons (Fsp3) is 0.643. The van der Waals surface area contributed by atoms with Gasteiger partial charge in [0, 0.05) is 22.1 Å². The van der Waals surface area contributed by atoms with Crippen molar-refractivity contribution in [1.82, 2.24) is 5.32 Å². The lowest BCUT2D eigenvalue weighted by Gasteiger charge is -2.31. The molecule has 0 unspecified atom stereocenters. The summed E-state index contributed by atoms with van der Waals surface area (Å²) in [6.07, 6.45) is 5.60. The van der Waals surface area contributed by atoms with Gasteiger partial charge in [0.2, 0.25) is 0 Å². The monoisotopic (exact) mass is 280 g/mol. The summed E-state index contributed by atoms with van der Waals surface area (Å²) in [4.78, 5) is 7.54. The van der Waals surface area contributed by atoms with Crippen LogP contribution in [0.3, 0.4) is 0 Å². The zero-order valence-electron chi connectivity index (χ0n) is 10.9. The Balaban J connectivity index is 1.54. The molecule has 0 aromatic carbocycles. The molecule has 98 valence electrons. The summed E-state index contributed by atoms with van der Waals surface area (Å²) in [5, 5.41) is 4.63. The number of amidine groups is 1. The van der Waals surface area contributed by atoms with E-state index in [-0.39, 0.29) is 0 Å². The summed E-state index contributed by atoms with van der Waals surface area (Å²) in [5.74, 6) is 1.27. The molecule has 1 spiro atoms. The molecule has 2 heterocycles. The van der Waals surface area contributed by atoms with E-state index in [4.69, 9.17) is 4.99 Å². The number of hydrogen-bond donors (Lipinski definition) is 1. The molecule has 1 saturated carbocycles. The lowest BCUT2D eigenvalue weighted by Crippen LogP contribution is -2.33. The molecule has 1 N–H and O–H groups in total. The highest BCUT2D eigenvalue weighted by Gasteiger charge is 2.36. The maximum absolute atomic E-state index is 4.76. The smallest absolute Gasteiger partial charge is 0.156 e. The van der Waals surface area contributed by atoms with Crippen molar-refractivity contribution in [2.75, 3.05) is 12.3 Å². The summed E-state index contributed by atoms with van der Waals surface area (Å²) in [6.45, 7) is 4.13. The van der Waals surface area contributed by atoms with E-state index in [0.29, 0.717) is 5.41 Å². The Morgan fingerprint density at radius 1 is 1.33 bits per heavy atom. The van der Waals surface area contributed by atoms with Crippen LogP contribution in [0, 0.1) is 12.3 Å². The Kier molecular flexibility index (Phi) is 3.66. The second-order valence-electron chi connectivity index (χ2n) is 5.48. The molecule has 2 aliphatic rings. The molecule has 0 amide bonds. The lowest BCUT2D eigenvalue weighted by molar-refractivity contribution is 0.358. The van der Waals surface area contributed by atoms with Crippen LogP contribution >= 0.6 is 23.1 Å². The normalized spacial score (nSPS) is 22.2. The topological polar surface area (TPSA) is 24.4 Å². The molecular formula is C14H20N2S2. The van der Waals surface area contributed by atoms with Gasteiger partial charge in [-0.2, -0.15) is 0 Å². The van der Waals surface area contributed by atoms with Crippen LogP contribution in [0.25, 0.3) is 0 Å². The van der Waals surface area contributed by atoms with Crippen LogP contribution < -0.4 is 5.32 Å². The Morgan fingerprint density at radius 3 is 2.78 bits per heavy atom. The van der Waals surface area contributed by atoms with Gasteiger partial charge in [-0.1, -0.05) is 24.6 Å². The van der Waals surface area contributed by atoms with Crippen molar-refractivity contribution >= 4 is 28.3 Å². The van der Waals surface area contributed by atoms with E-state index < -0.39 is 0 Å². The maximum Gasteiger partial charge on any atom is 0.156 e. The molecule has 0 atom stereocenters. The molecule has 1 aliphatic heterocycles. The number of thioether (sulfide) groups is 1. The summed E-state index contributed by atoms with van der Waals surface area (Å²) in [5.41, 5.74) is 0.551. The van der Waals surface area contributed by atoms with Crippen molar-refractivity contribution in [3.63, 3.8) is 0 Å². The Bertz CT molecular complexity index is 444. The Labute approximate surface area is 117 Å². The molecule has 1 aromatic rings. The molecule has 0 radical (unpaired) electrons. The maximum atomic E-state index is 4.76. The largest absolute Gasteiger partial charge is 0.360 e. The third-order valence-corrected chi connectivity index (χ3v) is 6.25. The van der Waals surface area contributed by atoms with Gasteiger partial charge >= 0.3 is 0 Å². The van der Waals surface area contributed by atoms with E-state index in [1.165, 1.54) is 41.2 Å². The lowest BCUT2D eigenvalue weighted by atomic mass is 9.89. The van der Waals surface area contributed by atoms with Crippen molar-refractivity contribution in [1.29, 1.82) is 0 Å². The summed E-state index contributed by atoms with van der Waals surface area (Å²) < 4.78 is 0. The van der Waals surface area contributed by atoms with Crippen molar-refractivity contribution in [2.45, 2.75) is 39.2 Å². The second-order valence-corrected chi connectivity index (χ2v) is 7.82. The average Bonchev–Trinajstić information content (AvgIpc) is 2.99. The van der Waals surface area contributed by atoms with Crippen LogP contribution in [0.5, 0.6) is 0 Å². The van der Waals surface area contributed by atoms with Gasteiger partial charge in [0.1, 0.15) is 0 Å². The standard InChI is InChI=1S/C14H20N2S2/c1-11-4-5-12(18-11)8-15-13-16-9-14(10-17-13)6-2-3-7-14/h4-5H,2-3,6-10H2,1H3,(H,15,16). The molecule has 3 rings (SSSR count). The zero-order valence-corrected chi connectivity index (χ0v) is 12.5. The zero-order chi connectivity index (χ0) is 12.4. The molecule has 0 bridgehead atoms. The molecule has 2 nitrogen and oxygen atoms in total. The van der Waals surface area contributed by atoms with Crippen LogP contribution in [0.15, 0.2) is 17.1 Å². The number of nitrogens with zero attached hydrogens (tertiary/aromatic N) is 1. The first kappa shape index (κ1) is 12.5. The van der Waals surface area contributed by atoms with E-state index in [1.54, 1.807) is 0 Å². The first-order valence-corrected chi connectivity index (χ1v) is 8.52. The van der Waals surface area contributed by atoms with Crippen LogP contribution in [-0.4, -0.2) is 17.5 Å². The minimum Gasteiger partial charge on any atom is -0.360 e. The number of aryl methyl sites for hydroxylation is 1. The third-order valence-electron chi connectivity index (χ3n) is 3.95. The van der Waals surface area contributed by atoms with Gasteiger partial charge < -0.3 is 5.32 Å². The molecular weight excluding hydrogens is 260 g/mol. The average molecular weight is 280 g/mol. The van der Waals surface area contributed by atoms with Crippen molar-refractivity contribution in [2.24, 2.45) is 10.4 Å². The van der Waals surface area contributed by atoms with Crippen molar-refractivity contribution in [3.05, 3.63) is 21.9 Å². The van der Waals surface area contributed by atoms with Gasteiger partial charge in [0.05, 0.1) is 6.54 Å². The van der Waals surface area contributed by atoms with Crippen LogP contribution in [0.2, 0.25) is 0 Å². The Hall–Kier alpha value is -0.480. The van der Waals surface area contributed by atoms with Crippen molar-refractivity contribution < 1.29 is 0 Å².